The maximum atomic E-state index is 12.8. The molecule has 0 aliphatic rings. The van der Waals surface area contributed by atoms with E-state index in [1.54, 1.807) is 32.1 Å². The van der Waals surface area contributed by atoms with Gasteiger partial charge in [-0.25, -0.2) is 4.39 Å². The van der Waals surface area contributed by atoms with Crippen molar-refractivity contribution in [2.45, 2.75) is 20.3 Å². The van der Waals surface area contributed by atoms with Crippen LogP contribution in [-0.2, 0) is 16.0 Å². The Labute approximate surface area is 124 Å². The molecule has 114 valence electrons. The molecule has 0 saturated heterocycles. The average Bonchev–Trinajstić information content (AvgIpc) is 2.46. The standard InChI is InChI=1S/C16H21FN2O2/c1-4-10-18-14(20)16(2,3)15(21)19-11-9-12-5-7-13(17)8-6-12/h4-8H,1,9-11H2,2-3H3,(H,18,20)(H,19,21). The lowest BCUT2D eigenvalue weighted by atomic mass is 9.91. The Bertz CT molecular complexity index is 510. The van der Waals surface area contributed by atoms with E-state index in [1.807, 2.05) is 0 Å². The quantitative estimate of drug-likeness (QED) is 0.595. The molecule has 0 aliphatic carbocycles. The summed E-state index contributed by atoms with van der Waals surface area (Å²) in [6.07, 6.45) is 2.14. The van der Waals surface area contributed by atoms with Crippen LogP contribution in [0.4, 0.5) is 4.39 Å². The zero-order valence-corrected chi connectivity index (χ0v) is 12.4. The molecule has 5 heteroatoms. The number of hydrogen-bond donors (Lipinski definition) is 2. The van der Waals surface area contributed by atoms with Crippen molar-refractivity contribution in [3.05, 3.63) is 48.3 Å². The summed E-state index contributed by atoms with van der Waals surface area (Å²) in [5.74, 6) is -0.976. The van der Waals surface area contributed by atoms with E-state index in [-0.39, 0.29) is 17.6 Å². The van der Waals surface area contributed by atoms with E-state index in [0.717, 1.165) is 5.56 Å². The molecule has 21 heavy (non-hydrogen) atoms. The molecule has 0 aliphatic heterocycles. The molecule has 0 spiro atoms. The van der Waals surface area contributed by atoms with Crippen LogP contribution in [0.25, 0.3) is 0 Å². The van der Waals surface area contributed by atoms with Crippen LogP contribution in [0, 0.1) is 11.2 Å². The lowest BCUT2D eigenvalue weighted by molar-refractivity contribution is -0.141. The molecule has 0 heterocycles. The number of carbonyl (C=O) groups is 2. The number of halogens is 1. The van der Waals surface area contributed by atoms with Gasteiger partial charge >= 0.3 is 0 Å². The minimum atomic E-state index is -1.15. The van der Waals surface area contributed by atoms with Gasteiger partial charge in [0.1, 0.15) is 11.2 Å². The van der Waals surface area contributed by atoms with Gasteiger partial charge in [0.25, 0.3) is 0 Å². The second-order valence-corrected chi connectivity index (χ2v) is 5.26. The van der Waals surface area contributed by atoms with Crippen LogP contribution in [0.3, 0.4) is 0 Å². The first-order chi connectivity index (χ1) is 9.87. The Balaban J connectivity index is 2.46. The van der Waals surface area contributed by atoms with Crippen molar-refractivity contribution >= 4 is 11.8 Å². The zero-order chi connectivity index (χ0) is 15.9. The van der Waals surface area contributed by atoms with Crippen molar-refractivity contribution in [2.24, 2.45) is 5.41 Å². The predicted octanol–water partition coefficient (Wildman–Crippen LogP) is 1.81. The maximum absolute atomic E-state index is 12.8. The highest BCUT2D eigenvalue weighted by atomic mass is 19.1. The highest BCUT2D eigenvalue weighted by molar-refractivity contribution is 6.04. The lowest BCUT2D eigenvalue weighted by Crippen LogP contribution is -2.48. The van der Waals surface area contributed by atoms with Gasteiger partial charge in [-0.15, -0.1) is 6.58 Å². The van der Waals surface area contributed by atoms with Crippen LogP contribution >= 0.6 is 0 Å². The molecule has 0 radical (unpaired) electrons. The molecule has 0 atom stereocenters. The second-order valence-electron chi connectivity index (χ2n) is 5.26. The number of nitrogens with one attached hydrogen (secondary N) is 2. The summed E-state index contributed by atoms with van der Waals surface area (Å²) >= 11 is 0. The first-order valence-corrected chi connectivity index (χ1v) is 6.80. The van der Waals surface area contributed by atoms with E-state index in [1.165, 1.54) is 12.1 Å². The Kier molecular flexibility index (Phi) is 6.09. The second kappa shape index (κ2) is 7.57. The highest BCUT2D eigenvalue weighted by Crippen LogP contribution is 2.15. The largest absolute Gasteiger partial charge is 0.355 e. The SMILES string of the molecule is C=CCNC(=O)C(C)(C)C(=O)NCCc1ccc(F)cc1. The van der Waals surface area contributed by atoms with Crippen LogP contribution in [-0.4, -0.2) is 24.9 Å². The van der Waals surface area contributed by atoms with Crippen LogP contribution in [0.5, 0.6) is 0 Å². The van der Waals surface area contributed by atoms with Gasteiger partial charge in [-0.1, -0.05) is 18.2 Å². The summed E-state index contributed by atoms with van der Waals surface area (Å²) < 4.78 is 12.8. The van der Waals surface area contributed by atoms with Crippen LogP contribution < -0.4 is 10.6 Å². The smallest absolute Gasteiger partial charge is 0.235 e. The Morgan fingerprint density at radius 3 is 2.33 bits per heavy atom. The summed E-state index contributed by atoms with van der Waals surface area (Å²) in [4.78, 5) is 23.9. The molecule has 1 aromatic carbocycles. The molecular weight excluding hydrogens is 271 g/mol. The van der Waals surface area contributed by atoms with E-state index in [4.69, 9.17) is 0 Å². The first-order valence-electron chi connectivity index (χ1n) is 6.80. The first kappa shape index (κ1) is 16.9. The Morgan fingerprint density at radius 1 is 1.19 bits per heavy atom. The normalized spacial score (nSPS) is 10.8. The fraction of sp³-hybridized carbons (Fsp3) is 0.375. The van der Waals surface area contributed by atoms with Crippen LogP contribution in [0.1, 0.15) is 19.4 Å². The number of hydrogen-bond acceptors (Lipinski definition) is 2. The third-order valence-corrected chi connectivity index (χ3v) is 3.15. The molecular formula is C16H21FN2O2. The third-order valence-electron chi connectivity index (χ3n) is 3.15. The van der Waals surface area contributed by atoms with Gasteiger partial charge in [-0.05, 0) is 38.0 Å². The van der Waals surface area contributed by atoms with E-state index >= 15 is 0 Å². The van der Waals surface area contributed by atoms with E-state index in [2.05, 4.69) is 17.2 Å². The summed E-state index contributed by atoms with van der Waals surface area (Å²) in [5, 5.41) is 5.33. The van der Waals surface area contributed by atoms with E-state index < -0.39 is 5.41 Å². The third kappa shape index (κ3) is 5.02. The number of benzene rings is 1. The molecule has 0 bridgehead atoms. The molecule has 0 saturated carbocycles. The van der Waals surface area contributed by atoms with E-state index in [0.29, 0.717) is 19.5 Å². The molecule has 2 N–H and O–H groups in total. The van der Waals surface area contributed by atoms with Gasteiger partial charge in [-0.2, -0.15) is 0 Å². The van der Waals surface area contributed by atoms with Crippen molar-refractivity contribution in [1.82, 2.24) is 10.6 Å². The van der Waals surface area contributed by atoms with Gasteiger partial charge < -0.3 is 10.6 Å². The van der Waals surface area contributed by atoms with Crippen molar-refractivity contribution in [3.63, 3.8) is 0 Å². The highest BCUT2D eigenvalue weighted by Gasteiger charge is 2.35. The number of rotatable bonds is 7. The topological polar surface area (TPSA) is 58.2 Å². The van der Waals surface area contributed by atoms with E-state index in [9.17, 15) is 14.0 Å². The zero-order valence-electron chi connectivity index (χ0n) is 12.4. The molecule has 4 nitrogen and oxygen atoms in total. The summed E-state index contributed by atoms with van der Waals surface area (Å²) in [6.45, 7) is 7.36. The fourth-order valence-electron chi connectivity index (χ4n) is 1.68. The number of carbonyl (C=O) groups excluding carboxylic acids is 2. The predicted molar refractivity (Wildman–Crippen MR) is 80.1 cm³/mol. The minimum Gasteiger partial charge on any atom is -0.355 e. The van der Waals surface area contributed by atoms with Gasteiger partial charge in [0, 0.05) is 13.1 Å². The van der Waals surface area contributed by atoms with Gasteiger partial charge in [-0.3, -0.25) is 9.59 Å². The van der Waals surface area contributed by atoms with Crippen LogP contribution in [0.2, 0.25) is 0 Å². The minimum absolute atomic E-state index is 0.289. The summed E-state index contributed by atoms with van der Waals surface area (Å²) in [6, 6.07) is 6.10. The molecule has 0 unspecified atom stereocenters. The molecule has 2 amide bonds. The molecule has 1 aromatic rings. The van der Waals surface area contributed by atoms with Crippen molar-refractivity contribution < 1.29 is 14.0 Å². The molecule has 1 rings (SSSR count). The maximum Gasteiger partial charge on any atom is 0.235 e. The fourth-order valence-corrected chi connectivity index (χ4v) is 1.68. The summed E-state index contributed by atoms with van der Waals surface area (Å²) in [5.41, 5.74) is -0.225. The van der Waals surface area contributed by atoms with Crippen molar-refractivity contribution in [3.8, 4) is 0 Å². The number of amides is 2. The van der Waals surface area contributed by atoms with Crippen molar-refractivity contribution in [2.75, 3.05) is 13.1 Å². The monoisotopic (exact) mass is 292 g/mol. The van der Waals surface area contributed by atoms with Crippen LogP contribution in [0.15, 0.2) is 36.9 Å². The Morgan fingerprint density at radius 2 is 1.76 bits per heavy atom. The average molecular weight is 292 g/mol. The molecule has 0 fully saturated rings. The van der Waals surface area contributed by atoms with Crippen molar-refractivity contribution in [1.29, 1.82) is 0 Å². The lowest BCUT2D eigenvalue weighted by Gasteiger charge is -2.22. The van der Waals surface area contributed by atoms with Gasteiger partial charge in [0.05, 0.1) is 0 Å². The van der Waals surface area contributed by atoms with Gasteiger partial charge in [0.15, 0.2) is 0 Å². The Hall–Kier alpha value is -2.17. The summed E-state index contributed by atoms with van der Waals surface area (Å²) in [7, 11) is 0. The van der Waals surface area contributed by atoms with Gasteiger partial charge in [0.2, 0.25) is 11.8 Å². The molecule has 0 aromatic heterocycles.